The molecule has 1 heterocycles. The second kappa shape index (κ2) is 10.5. The highest BCUT2D eigenvalue weighted by Gasteiger charge is 2.52. The number of nitrogens with zero attached hydrogens (tertiary/aromatic N) is 1. The van der Waals surface area contributed by atoms with Crippen molar-refractivity contribution < 1.29 is 40.7 Å². The molecule has 1 saturated heterocycles. The van der Waals surface area contributed by atoms with E-state index >= 15 is 0 Å². The van der Waals surface area contributed by atoms with Crippen LogP contribution in [0.2, 0.25) is 0 Å². The maximum absolute atomic E-state index is 13.4. The number of halogens is 6. The first-order valence-corrected chi connectivity index (χ1v) is 12.1. The Bertz CT molecular complexity index is 1140. The second-order valence-electron chi connectivity index (χ2n) is 9.74. The minimum absolute atomic E-state index is 0.0281. The van der Waals surface area contributed by atoms with E-state index in [0.717, 1.165) is 24.3 Å². The zero-order valence-electron chi connectivity index (χ0n) is 20.2. The predicted octanol–water partition coefficient (Wildman–Crippen LogP) is 4.31. The van der Waals surface area contributed by atoms with Gasteiger partial charge in [-0.05, 0) is 61.1 Å². The largest absolute Gasteiger partial charge is 0.573 e. The van der Waals surface area contributed by atoms with E-state index in [0.29, 0.717) is 49.9 Å². The quantitative estimate of drug-likeness (QED) is 0.510. The third-order valence-electron chi connectivity index (χ3n) is 7.00. The van der Waals surface area contributed by atoms with Crippen molar-refractivity contribution in [3.8, 4) is 5.75 Å². The number of benzene rings is 2. The van der Waals surface area contributed by atoms with E-state index in [2.05, 4.69) is 10.1 Å². The summed E-state index contributed by atoms with van der Waals surface area (Å²) in [6, 6.07) is 8.31. The van der Waals surface area contributed by atoms with Crippen molar-refractivity contribution in [2.75, 3.05) is 13.1 Å². The van der Waals surface area contributed by atoms with Crippen LogP contribution in [-0.4, -0.2) is 48.2 Å². The Kier molecular flexibility index (Phi) is 7.64. The van der Waals surface area contributed by atoms with Crippen LogP contribution in [-0.2, 0) is 27.6 Å². The van der Waals surface area contributed by atoms with Gasteiger partial charge >= 0.3 is 12.5 Å². The summed E-state index contributed by atoms with van der Waals surface area (Å²) >= 11 is 0. The summed E-state index contributed by atoms with van der Waals surface area (Å²) < 4.78 is 80.3. The van der Waals surface area contributed by atoms with Crippen molar-refractivity contribution in [3.63, 3.8) is 0 Å². The lowest BCUT2D eigenvalue weighted by atomic mass is 9.93. The van der Waals surface area contributed by atoms with Crippen molar-refractivity contribution in [1.29, 1.82) is 0 Å². The summed E-state index contributed by atoms with van der Waals surface area (Å²) in [7, 11) is 0. The van der Waals surface area contributed by atoms with Gasteiger partial charge in [-0.2, -0.15) is 13.2 Å². The van der Waals surface area contributed by atoms with Gasteiger partial charge in [0.15, 0.2) is 0 Å². The lowest BCUT2D eigenvalue weighted by Gasteiger charge is -2.33. The van der Waals surface area contributed by atoms with Crippen LogP contribution >= 0.6 is 0 Å². The molecule has 1 atom stereocenters. The normalized spacial score (nSPS) is 18.6. The first-order valence-electron chi connectivity index (χ1n) is 12.1. The molecule has 1 aliphatic carbocycles. The molecule has 2 fully saturated rings. The average Bonchev–Trinajstić information content (AvgIpc) is 3.65. The monoisotopic (exact) mass is 543 g/mol. The van der Waals surface area contributed by atoms with Crippen molar-refractivity contribution in [2.24, 2.45) is 5.73 Å². The van der Waals surface area contributed by atoms with Crippen molar-refractivity contribution >= 4 is 11.8 Å². The van der Waals surface area contributed by atoms with E-state index < -0.39 is 41.2 Å². The van der Waals surface area contributed by atoms with Crippen LogP contribution in [0, 0.1) is 0 Å². The van der Waals surface area contributed by atoms with Crippen molar-refractivity contribution in [1.82, 2.24) is 10.2 Å². The van der Waals surface area contributed by atoms with Gasteiger partial charge in [0.25, 0.3) is 0 Å². The van der Waals surface area contributed by atoms with Crippen molar-refractivity contribution in [2.45, 2.75) is 62.1 Å². The van der Waals surface area contributed by atoms with Gasteiger partial charge in [-0.3, -0.25) is 9.59 Å². The van der Waals surface area contributed by atoms with Crippen LogP contribution < -0.4 is 15.8 Å². The number of hydrogen-bond donors (Lipinski definition) is 2. The molecule has 4 rings (SSSR count). The number of piperidine rings is 1. The minimum atomic E-state index is -4.85. The molecular weight excluding hydrogens is 516 g/mol. The molecule has 0 radical (unpaired) electrons. The van der Waals surface area contributed by atoms with Gasteiger partial charge in [0.2, 0.25) is 11.8 Å². The fraction of sp³-hybridized carbons (Fsp3) is 0.462. The van der Waals surface area contributed by atoms with Gasteiger partial charge in [-0.25, -0.2) is 0 Å². The molecular formula is C26H27F6N3O3. The predicted molar refractivity (Wildman–Crippen MR) is 125 cm³/mol. The molecule has 3 N–H and O–H groups in total. The molecule has 2 amide bonds. The number of nitrogens with one attached hydrogen (secondary N) is 1. The smallest absolute Gasteiger partial charge is 0.406 e. The first-order chi connectivity index (χ1) is 17.8. The van der Waals surface area contributed by atoms with Crippen LogP contribution in [0.15, 0.2) is 48.5 Å². The first kappa shape index (κ1) is 27.7. The lowest BCUT2D eigenvalue weighted by Crippen LogP contribution is -2.54. The minimum Gasteiger partial charge on any atom is -0.406 e. The summed E-state index contributed by atoms with van der Waals surface area (Å²) in [5, 5.41) is 2.78. The number of ether oxygens (including phenoxy) is 1. The number of rotatable bonds is 7. The molecule has 2 aliphatic rings. The lowest BCUT2D eigenvalue weighted by molar-refractivity contribution is -0.274. The Morgan fingerprint density at radius 3 is 2.05 bits per heavy atom. The van der Waals surface area contributed by atoms with E-state index in [9.17, 15) is 35.9 Å². The van der Waals surface area contributed by atoms with Crippen LogP contribution in [0.1, 0.15) is 42.4 Å². The summed E-state index contributed by atoms with van der Waals surface area (Å²) in [5.41, 5.74) is 5.00. The molecule has 6 nitrogen and oxygen atoms in total. The Labute approximate surface area is 215 Å². The summed E-state index contributed by atoms with van der Waals surface area (Å²) in [5.74, 6) is -1.26. The number of carbonyl (C=O) groups is 2. The highest BCUT2D eigenvalue weighted by atomic mass is 19.4. The van der Waals surface area contributed by atoms with E-state index in [1.807, 2.05) is 0 Å². The summed E-state index contributed by atoms with van der Waals surface area (Å²) in [6.07, 6.45) is -7.35. The van der Waals surface area contributed by atoms with Gasteiger partial charge in [-0.15, -0.1) is 13.2 Å². The molecule has 12 heteroatoms. The van der Waals surface area contributed by atoms with E-state index in [4.69, 9.17) is 5.73 Å². The van der Waals surface area contributed by atoms with Gasteiger partial charge in [0.1, 0.15) is 11.8 Å². The molecule has 0 unspecified atom stereocenters. The van der Waals surface area contributed by atoms with E-state index in [1.165, 1.54) is 24.3 Å². The molecule has 206 valence electrons. The number of nitrogens with two attached hydrogens (primary N) is 1. The summed E-state index contributed by atoms with van der Waals surface area (Å²) in [6.45, 7) is 0.788. The van der Waals surface area contributed by atoms with Gasteiger partial charge in [-0.1, -0.05) is 24.3 Å². The molecule has 1 saturated carbocycles. The number of hydrogen-bond acceptors (Lipinski definition) is 4. The standard InChI is InChI=1S/C26H27F6N3O3/c27-25(28,29)18-3-1-16(2-4-18)15-21(22(36)35-13-9-19(33)10-14-35)34-23(37)24(11-12-24)17-5-7-20(8-6-17)38-26(30,31)32/h1-8,19,21H,9-15,33H2,(H,34,37)/t21-/m0/s1. The maximum Gasteiger partial charge on any atom is 0.573 e. The molecule has 38 heavy (non-hydrogen) atoms. The molecule has 0 aromatic heterocycles. The highest BCUT2D eigenvalue weighted by molar-refractivity contribution is 5.95. The maximum atomic E-state index is 13.4. The number of amides is 2. The molecule has 2 aromatic rings. The average molecular weight is 544 g/mol. The van der Waals surface area contributed by atoms with Crippen LogP contribution in [0.25, 0.3) is 0 Å². The topological polar surface area (TPSA) is 84.7 Å². The highest BCUT2D eigenvalue weighted by Crippen LogP contribution is 2.49. The van der Waals surface area contributed by atoms with E-state index in [1.54, 1.807) is 4.90 Å². The van der Waals surface area contributed by atoms with Crippen LogP contribution in [0.5, 0.6) is 5.75 Å². The molecule has 0 spiro atoms. The van der Waals surface area contributed by atoms with Gasteiger partial charge < -0.3 is 20.7 Å². The summed E-state index contributed by atoms with van der Waals surface area (Å²) in [4.78, 5) is 28.4. The Hall–Kier alpha value is -3.28. The number of alkyl halides is 6. The SMILES string of the molecule is NC1CCN(C(=O)[C@H](Cc2ccc(C(F)(F)F)cc2)NC(=O)C2(c3ccc(OC(F)(F)F)cc3)CC2)CC1. The van der Waals surface area contributed by atoms with Gasteiger partial charge in [0, 0.05) is 25.6 Å². The zero-order valence-corrected chi connectivity index (χ0v) is 20.2. The number of likely N-dealkylation sites (tertiary alicyclic amines) is 1. The van der Waals surface area contributed by atoms with Gasteiger partial charge in [0.05, 0.1) is 11.0 Å². The third kappa shape index (κ3) is 6.58. The van der Waals surface area contributed by atoms with Crippen molar-refractivity contribution in [3.05, 3.63) is 65.2 Å². The fourth-order valence-corrected chi connectivity index (χ4v) is 4.65. The van der Waals surface area contributed by atoms with Crippen LogP contribution in [0.3, 0.4) is 0 Å². The number of carbonyl (C=O) groups excluding carboxylic acids is 2. The Balaban J connectivity index is 1.52. The van der Waals surface area contributed by atoms with E-state index in [-0.39, 0.29) is 18.4 Å². The molecule has 1 aliphatic heterocycles. The molecule has 0 bridgehead atoms. The fourth-order valence-electron chi connectivity index (χ4n) is 4.65. The van der Waals surface area contributed by atoms with Crippen LogP contribution in [0.4, 0.5) is 26.3 Å². The second-order valence-corrected chi connectivity index (χ2v) is 9.74. The Morgan fingerprint density at radius 1 is 0.974 bits per heavy atom. The third-order valence-corrected chi connectivity index (χ3v) is 7.00. The zero-order chi connectivity index (χ0) is 27.7. The Morgan fingerprint density at radius 2 is 1.55 bits per heavy atom. The molecule has 2 aromatic carbocycles.